The summed E-state index contributed by atoms with van der Waals surface area (Å²) in [6, 6.07) is 0. The molecule has 0 fully saturated rings. The van der Waals surface area contributed by atoms with Crippen LogP contribution >= 0.6 is 0 Å². The van der Waals surface area contributed by atoms with Gasteiger partial charge in [0.05, 0.1) is 0 Å². The highest BCUT2D eigenvalue weighted by Gasteiger charge is 2.04. The predicted molar refractivity (Wildman–Crippen MR) is 73.9 cm³/mol. The fraction of sp³-hybridized carbons (Fsp3) is 0.929. The van der Waals surface area contributed by atoms with Gasteiger partial charge in [0.2, 0.25) is 0 Å². The summed E-state index contributed by atoms with van der Waals surface area (Å²) in [5.74, 6) is 4.51. The molecular formula is C14H30N2O2. The first-order valence-electron chi connectivity index (χ1n) is 7.45. The number of nitrogens with two attached hydrogens (primary N) is 1. The van der Waals surface area contributed by atoms with Gasteiger partial charge in [0.1, 0.15) is 0 Å². The number of nitrogens with zero attached hydrogens (tertiary/aromatic N) is 1. The summed E-state index contributed by atoms with van der Waals surface area (Å²) < 4.78 is 0. The Hall–Kier alpha value is -0.610. The number of carbonyl (C=O) groups is 1. The SMILES string of the molecule is CCCCCCCCCCCCCC(=O)N(N)O. The van der Waals surface area contributed by atoms with Crippen molar-refractivity contribution in [1.29, 1.82) is 0 Å². The maximum Gasteiger partial charge on any atom is 0.260 e. The molecule has 0 saturated heterocycles. The van der Waals surface area contributed by atoms with Crippen LogP contribution in [0, 0.1) is 0 Å². The van der Waals surface area contributed by atoms with Gasteiger partial charge in [-0.2, -0.15) is 5.17 Å². The third-order valence-electron chi connectivity index (χ3n) is 3.25. The van der Waals surface area contributed by atoms with E-state index in [0.717, 1.165) is 12.8 Å². The second-order valence-electron chi connectivity index (χ2n) is 5.02. The maximum atomic E-state index is 11.0. The molecule has 0 atom stereocenters. The van der Waals surface area contributed by atoms with Crippen molar-refractivity contribution >= 4 is 5.91 Å². The summed E-state index contributed by atoms with van der Waals surface area (Å²) in [5.41, 5.74) is 0. The van der Waals surface area contributed by atoms with Crippen LogP contribution in [0.3, 0.4) is 0 Å². The summed E-state index contributed by atoms with van der Waals surface area (Å²) in [7, 11) is 0. The van der Waals surface area contributed by atoms with E-state index in [-0.39, 0.29) is 5.17 Å². The lowest BCUT2D eigenvalue weighted by molar-refractivity contribution is -0.166. The van der Waals surface area contributed by atoms with E-state index in [9.17, 15) is 4.79 Å². The zero-order valence-electron chi connectivity index (χ0n) is 11.9. The maximum absolute atomic E-state index is 11.0. The summed E-state index contributed by atoms with van der Waals surface area (Å²) in [5, 5.41) is 8.83. The van der Waals surface area contributed by atoms with E-state index < -0.39 is 5.91 Å². The van der Waals surface area contributed by atoms with Crippen molar-refractivity contribution in [3.63, 3.8) is 0 Å². The van der Waals surface area contributed by atoms with Crippen molar-refractivity contribution in [1.82, 2.24) is 5.17 Å². The fourth-order valence-electron chi connectivity index (χ4n) is 2.05. The minimum Gasteiger partial charge on any atom is -0.271 e. The number of carbonyl (C=O) groups excluding carboxylic acids is 1. The van der Waals surface area contributed by atoms with E-state index in [1.165, 1.54) is 57.8 Å². The van der Waals surface area contributed by atoms with Crippen molar-refractivity contribution < 1.29 is 10.0 Å². The van der Waals surface area contributed by atoms with Crippen LogP contribution in [0.25, 0.3) is 0 Å². The third kappa shape index (κ3) is 11.9. The summed E-state index contributed by atoms with van der Waals surface area (Å²) in [4.78, 5) is 11.0. The molecule has 18 heavy (non-hydrogen) atoms. The molecule has 0 heterocycles. The Morgan fingerprint density at radius 2 is 1.28 bits per heavy atom. The average molecular weight is 258 g/mol. The zero-order chi connectivity index (χ0) is 13.6. The van der Waals surface area contributed by atoms with Crippen molar-refractivity contribution in [3.05, 3.63) is 0 Å². The van der Waals surface area contributed by atoms with E-state index in [4.69, 9.17) is 11.0 Å². The molecule has 0 rings (SSSR count). The minimum absolute atomic E-state index is 0.191. The van der Waals surface area contributed by atoms with Gasteiger partial charge in [0, 0.05) is 6.42 Å². The Bertz CT molecular complexity index is 196. The van der Waals surface area contributed by atoms with Crippen molar-refractivity contribution in [3.8, 4) is 0 Å². The van der Waals surface area contributed by atoms with Crippen LogP contribution in [0.1, 0.15) is 84.0 Å². The van der Waals surface area contributed by atoms with E-state index in [1.807, 2.05) is 0 Å². The van der Waals surface area contributed by atoms with Crippen LogP contribution < -0.4 is 5.84 Å². The largest absolute Gasteiger partial charge is 0.271 e. The molecule has 0 aliphatic heterocycles. The standard InChI is InChI=1S/C14H30N2O2/c1-2-3-4-5-6-7-8-9-10-11-12-13-14(17)16(15)18/h18H,2-13,15H2,1H3. The Balaban J connectivity index is 3.05. The first-order chi connectivity index (χ1) is 8.68. The molecule has 0 saturated carbocycles. The lowest BCUT2D eigenvalue weighted by atomic mass is 10.1. The highest BCUT2D eigenvalue weighted by atomic mass is 16.5. The smallest absolute Gasteiger partial charge is 0.260 e. The van der Waals surface area contributed by atoms with Gasteiger partial charge in [-0.15, -0.1) is 0 Å². The van der Waals surface area contributed by atoms with Crippen molar-refractivity contribution in [2.45, 2.75) is 84.0 Å². The van der Waals surface area contributed by atoms with E-state index in [1.54, 1.807) is 0 Å². The normalized spacial score (nSPS) is 10.6. The number of rotatable bonds is 12. The summed E-state index contributed by atoms with van der Waals surface area (Å²) in [6.45, 7) is 2.24. The van der Waals surface area contributed by atoms with Gasteiger partial charge in [-0.1, -0.05) is 71.1 Å². The molecule has 0 spiro atoms. The van der Waals surface area contributed by atoms with Gasteiger partial charge in [-0.25, -0.2) is 5.84 Å². The van der Waals surface area contributed by atoms with Gasteiger partial charge in [-0.3, -0.25) is 10.0 Å². The second-order valence-corrected chi connectivity index (χ2v) is 5.02. The number of unbranched alkanes of at least 4 members (excludes halogenated alkanes) is 10. The molecule has 4 heteroatoms. The Morgan fingerprint density at radius 3 is 1.67 bits per heavy atom. The van der Waals surface area contributed by atoms with Crippen molar-refractivity contribution in [2.75, 3.05) is 0 Å². The molecule has 0 aliphatic carbocycles. The Kier molecular flexibility index (Phi) is 12.4. The van der Waals surface area contributed by atoms with Crippen LogP contribution in [-0.2, 0) is 4.79 Å². The number of amides is 1. The van der Waals surface area contributed by atoms with Crippen molar-refractivity contribution in [2.24, 2.45) is 5.84 Å². The highest BCUT2D eigenvalue weighted by molar-refractivity contribution is 5.74. The first kappa shape index (κ1) is 17.4. The summed E-state index contributed by atoms with van der Waals surface area (Å²) >= 11 is 0. The zero-order valence-corrected chi connectivity index (χ0v) is 11.9. The quantitative estimate of drug-likeness (QED) is 0.184. The molecule has 0 radical (unpaired) electrons. The van der Waals surface area contributed by atoms with Gasteiger partial charge in [0.15, 0.2) is 0 Å². The van der Waals surface area contributed by atoms with Gasteiger partial charge < -0.3 is 0 Å². The molecule has 0 aromatic rings. The summed E-state index contributed by atoms with van der Waals surface area (Å²) in [6.07, 6.45) is 14.1. The lowest BCUT2D eigenvalue weighted by Crippen LogP contribution is -2.33. The predicted octanol–water partition coefficient (Wildman–Crippen LogP) is 3.78. The number of hydrogen-bond acceptors (Lipinski definition) is 3. The van der Waals surface area contributed by atoms with Crippen LogP contribution in [0.5, 0.6) is 0 Å². The van der Waals surface area contributed by atoms with Crippen LogP contribution in [0.2, 0.25) is 0 Å². The monoisotopic (exact) mass is 258 g/mol. The number of hydrazine groups is 1. The molecule has 108 valence electrons. The van der Waals surface area contributed by atoms with Gasteiger partial charge >= 0.3 is 0 Å². The van der Waals surface area contributed by atoms with E-state index >= 15 is 0 Å². The minimum atomic E-state index is -0.397. The molecular weight excluding hydrogens is 228 g/mol. The second kappa shape index (κ2) is 12.8. The highest BCUT2D eigenvalue weighted by Crippen LogP contribution is 2.11. The molecule has 0 aromatic heterocycles. The Labute approximate surface area is 111 Å². The van der Waals surface area contributed by atoms with Crippen LogP contribution in [0.4, 0.5) is 0 Å². The topological polar surface area (TPSA) is 66.6 Å². The first-order valence-corrected chi connectivity index (χ1v) is 7.45. The Morgan fingerprint density at radius 1 is 0.889 bits per heavy atom. The fourth-order valence-corrected chi connectivity index (χ4v) is 2.05. The lowest BCUT2D eigenvalue weighted by Gasteiger charge is -2.06. The molecule has 0 aliphatic rings. The molecule has 4 nitrogen and oxygen atoms in total. The molecule has 0 bridgehead atoms. The third-order valence-corrected chi connectivity index (χ3v) is 3.25. The van der Waals surface area contributed by atoms with Crippen LogP contribution in [0.15, 0.2) is 0 Å². The number of hydroxylamine groups is 1. The molecule has 0 aromatic carbocycles. The molecule has 1 amide bonds. The molecule has 0 unspecified atom stereocenters. The van der Waals surface area contributed by atoms with E-state index in [2.05, 4.69) is 6.92 Å². The van der Waals surface area contributed by atoms with Crippen LogP contribution in [-0.4, -0.2) is 16.3 Å². The van der Waals surface area contributed by atoms with Gasteiger partial charge in [0.25, 0.3) is 5.91 Å². The number of hydrogen-bond donors (Lipinski definition) is 2. The van der Waals surface area contributed by atoms with E-state index in [0.29, 0.717) is 6.42 Å². The molecule has 3 N–H and O–H groups in total. The van der Waals surface area contributed by atoms with Gasteiger partial charge in [-0.05, 0) is 6.42 Å². The average Bonchev–Trinajstić information content (AvgIpc) is 2.35.